The van der Waals surface area contributed by atoms with Crippen LogP contribution >= 0.6 is 0 Å². The summed E-state index contributed by atoms with van der Waals surface area (Å²) in [5, 5.41) is 2.90. The van der Waals surface area contributed by atoms with Crippen LogP contribution in [0.5, 0.6) is 11.5 Å². The maximum absolute atomic E-state index is 12.5. The normalized spacial score (nSPS) is 13.3. The molecule has 0 spiro atoms. The molecule has 148 valence electrons. The van der Waals surface area contributed by atoms with Gasteiger partial charge in [0.15, 0.2) is 11.5 Å². The fraction of sp³-hybridized carbons (Fsp3) is 0.364. The summed E-state index contributed by atoms with van der Waals surface area (Å²) in [6.45, 7) is 4.34. The first-order valence-corrected chi connectivity index (χ1v) is 9.59. The van der Waals surface area contributed by atoms with E-state index in [1.807, 2.05) is 36.1 Å². The van der Waals surface area contributed by atoms with Gasteiger partial charge in [0.1, 0.15) is 0 Å². The molecule has 2 aromatic carbocycles. The van der Waals surface area contributed by atoms with Gasteiger partial charge in [0.05, 0.1) is 13.7 Å². The monoisotopic (exact) mass is 382 g/mol. The second kappa shape index (κ2) is 9.26. The molecule has 1 N–H and O–H groups in total. The zero-order valence-electron chi connectivity index (χ0n) is 16.4. The minimum Gasteiger partial charge on any atom is -0.493 e. The molecule has 28 heavy (non-hydrogen) atoms. The van der Waals surface area contributed by atoms with Gasteiger partial charge in [0.25, 0.3) is 11.8 Å². The van der Waals surface area contributed by atoms with E-state index in [4.69, 9.17) is 9.47 Å². The fourth-order valence-electron chi connectivity index (χ4n) is 3.29. The van der Waals surface area contributed by atoms with E-state index in [2.05, 4.69) is 5.32 Å². The standard InChI is InChI=1S/C22H26N2O4/c1-3-28-20-14-17(9-10-19(20)27-2)21(25)23-15-16-7-6-8-18(13-16)22(26)24-11-4-5-12-24/h6-10,13-14H,3-5,11-12,15H2,1-2H3,(H,23,25). The summed E-state index contributed by atoms with van der Waals surface area (Å²) < 4.78 is 10.8. The number of rotatable bonds is 7. The zero-order chi connectivity index (χ0) is 19.9. The molecular formula is C22H26N2O4. The summed E-state index contributed by atoms with van der Waals surface area (Å²) in [7, 11) is 1.56. The molecule has 1 saturated heterocycles. The SMILES string of the molecule is CCOc1cc(C(=O)NCc2cccc(C(=O)N3CCCC3)c2)ccc1OC. The third-order valence-corrected chi connectivity index (χ3v) is 4.75. The van der Waals surface area contributed by atoms with Crippen molar-refractivity contribution >= 4 is 11.8 Å². The van der Waals surface area contributed by atoms with E-state index < -0.39 is 0 Å². The van der Waals surface area contributed by atoms with Gasteiger partial charge < -0.3 is 19.7 Å². The van der Waals surface area contributed by atoms with Crippen LogP contribution in [0.2, 0.25) is 0 Å². The van der Waals surface area contributed by atoms with E-state index in [1.165, 1.54) is 0 Å². The molecule has 2 amide bonds. The van der Waals surface area contributed by atoms with E-state index in [1.54, 1.807) is 25.3 Å². The highest BCUT2D eigenvalue weighted by Crippen LogP contribution is 2.28. The molecule has 3 rings (SSSR count). The second-order valence-electron chi connectivity index (χ2n) is 6.68. The molecule has 1 aliphatic rings. The van der Waals surface area contributed by atoms with Crippen LogP contribution in [-0.4, -0.2) is 43.5 Å². The number of nitrogens with one attached hydrogen (secondary N) is 1. The van der Waals surface area contributed by atoms with Gasteiger partial charge in [-0.15, -0.1) is 0 Å². The van der Waals surface area contributed by atoms with Crippen molar-refractivity contribution < 1.29 is 19.1 Å². The van der Waals surface area contributed by atoms with E-state index >= 15 is 0 Å². The van der Waals surface area contributed by atoms with Crippen molar-refractivity contribution in [2.45, 2.75) is 26.3 Å². The Morgan fingerprint density at radius 3 is 2.54 bits per heavy atom. The van der Waals surface area contributed by atoms with Crippen molar-refractivity contribution in [3.63, 3.8) is 0 Å². The molecule has 6 heteroatoms. The molecule has 0 unspecified atom stereocenters. The number of benzene rings is 2. The number of ether oxygens (including phenoxy) is 2. The Balaban J connectivity index is 1.65. The van der Waals surface area contributed by atoms with E-state index in [-0.39, 0.29) is 11.8 Å². The van der Waals surface area contributed by atoms with Gasteiger partial charge in [0, 0.05) is 30.8 Å². The fourth-order valence-corrected chi connectivity index (χ4v) is 3.29. The van der Waals surface area contributed by atoms with Crippen molar-refractivity contribution in [3.8, 4) is 11.5 Å². The summed E-state index contributed by atoms with van der Waals surface area (Å²) in [5.74, 6) is 0.976. The third-order valence-electron chi connectivity index (χ3n) is 4.75. The van der Waals surface area contributed by atoms with Crippen LogP contribution in [0.25, 0.3) is 0 Å². The van der Waals surface area contributed by atoms with Crippen LogP contribution in [-0.2, 0) is 6.54 Å². The topological polar surface area (TPSA) is 67.9 Å². The molecule has 1 heterocycles. The molecule has 6 nitrogen and oxygen atoms in total. The van der Waals surface area contributed by atoms with Crippen LogP contribution in [0.3, 0.4) is 0 Å². The maximum atomic E-state index is 12.5. The minimum atomic E-state index is -0.208. The highest BCUT2D eigenvalue weighted by atomic mass is 16.5. The molecule has 0 radical (unpaired) electrons. The summed E-state index contributed by atoms with van der Waals surface area (Å²) in [4.78, 5) is 26.9. The molecular weight excluding hydrogens is 356 g/mol. The molecule has 0 aromatic heterocycles. The number of methoxy groups -OCH3 is 1. The largest absolute Gasteiger partial charge is 0.493 e. The maximum Gasteiger partial charge on any atom is 0.253 e. The number of likely N-dealkylation sites (tertiary alicyclic amines) is 1. The Morgan fingerprint density at radius 2 is 1.82 bits per heavy atom. The lowest BCUT2D eigenvalue weighted by Gasteiger charge is -2.16. The Labute approximate surface area is 165 Å². The number of hydrogen-bond acceptors (Lipinski definition) is 4. The first kappa shape index (κ1) is 19.7. The highest BCUT2D eigenvalue weighted by Gasteiger charge is 2.19. The van der Waals surface area contributed by atoms with Crippen LogP contribution in [0, 0.1) is 0 Å². The summed E-state index contributed by atoms with van der Waals surface area (Å²) in [6.07, 6.45) is 2.13. The number of amides is 2. The van der Waals surface area contributed by atoms with Crippen molar-refractivity contribution in [2.24, 2.45) is 0 Å². The number of hydrogen-bond donors (Lipinski definition) is 1. The van der Waals surface area contributed by atoms with Crippen molar-refractivity contribution in [2.75, 3.05) is 26.8 Å². The van der Waals surface area contributed by atoms with Gasteiger partial charge >= 0.3 is 0 Å². The Morgan fingerprint density at radius 1 is 1.04 bits per heavy atom. The first-order valence-electron chi connectivity index (χ1n) is 9.59. The Hall–Kier alpha value is -3.02. The van der Waals surface area contributed by atoms with Crippen molar-refractivity contribution in [1.29, 1.82) is 0 Å². The van der Waals surface area contributed by atoms with Crippen LogP contribution in [0.1, 0.15) is 46.0 Å². The third kappa shape index (κ3) is 4.63. The number of carbonyl (C=O) groups is 2. The molecule has 0 bridgehead atoms. The van der Waals surface area contributed by atoms with Gasteiger partial charge in [-0.3, -0.25) is 9.59 Å². The van der Waals surface area contributed by atoms with E-state index in [0.717, 1.165) is 31.5 Å². The van der Waals surface area contributed by atoms with Gasteiger partial charge in [-0.25, -0.2) is 0 Å². The Bertz CT molecular complexity index is 844. The molecule has 0 saturated carbocycles. The van der Waals surface area contributed by atoms with E-state index in [0.29, 0.717) is 35.8 Å². The van der Waals surface area contributed by atoms with Crippen LogP contribution in [0.4, 0.5) is 0 Å². The van der Waals surface area contributed by atoms with Crippen LogP contribution < -0.4 is 14.8 Å². The highest BCUT2D eigenvalue weighted by molar-refractivity contribution is 5.95. The second-order valence-corrected chi connectivity index (χ2v) is 6.68. The number of carbonyl (C=O) groups excluding carboxylic acids is 2. The van der Waals surface area contributed by atoms with Gasteiger partial charge in [-0.05, 0) is 55.7 Å². The summed E-state index contributed by atoms with van der Waals surface area (Å²) in [5.41, 5.74) is 2.04. The van der Waals surface area contributed by atoms with E-state index in [9.17, 15) is 9.59 Å². The molecule has 0 aliphatic carbocycles. The molecule has 0 atom stereocenters. The average Bonchev–Trinajstić information content (AvgIpc) is 3.26. The molecule has 1 fully saturated rings. The first-order chi connectivity index (χ1) is 13.6. The van der Waals surface area contributed by atoms with Gasteiger partial charge in [0.2, 0.25) is 0 Å². The lowest BCUT2D eigenvalue weighted by molar-refractivity contribution is 0.0792. The summed E-state index contributed by atoms with van der Waals surface area (Å²) >= 11 is 0. The predicted molar refractivity (Wildman–Crippen MR) is 107 cm³/mol. The lowest BCUT2D eigenvalue weighted by atomic mass is 10.1. The molecule has 2 aromatic rings. The van der Waals surface area contributed by atoms with Crippen molar-refractivity contribution in [3.05, 3.63) is 59.2 Å². The summed E-state index contributed by atoms with van der Waals surface area (Å²) in [6, 6.07) is 12.5. The Kier molecular flexibility index (Phi) is 6.53. The lowest BCUT2D eigenvalue weighted by Crippen LogP contribution is -2.28. The zero-order valence-corrected chi connectivity index (χ0v) is 16.4. The smallest absolute Gasteiger partial charge is 0.253 e. The van der Waals surface area contributed by atoms with Gasteiger partial charge in [-0.2, -0.15) is 0 Å². The predicted octanol–water partition coefficient (Wildman–Crippen LogP) is 3.26. The minimum absolute atomic E-state index is 0.0576. The van der Waals surface area contributed by atoms with Gasteiger partial charge in [-0.1, -0.05) is 12.1 Å². The number of nitrogens with zero attached hydrogens (tertiary/aromatic N) is 1. The molecule has 1 aliphatic heterocycles. The van der Waals surface area contributed by atoms with Crippen LogP contribution in [0.15, 0.2) is 42.5 Å². The quantitative estimate of drug-likeness (QED) is 0.798. The average molecular weight is 382 g/mol. The van der Waals surface area contributed by atoms with Crippen molar-refractivity contribution in [1.82, 2.24) is 10.2 Å².